The van der Waals surface area contributed by atoms with E-state index < -0.39 is 0 Å². The van der Waals surface area contributed by atoms with Gasteiger partial charge in [0.1, 0.15) is 5.69 Å². The lowest BCUT2D eigenvalue weighted by Gasteiger charge is -2.33. The zero-order valence-electron chi connectivity index (χ0n) is 14.1. The standard InChI is InChI=1S/C22H17N3S/c1-2-7-16(8-3-1)22(20-10-4-5-13-23-20)12-11-17-18(15-22)24-25-21(17)19-9-6-14-26-19/h1-14H,15H2,(H,24,25). The van der Waals surface area contributed by atoms with Gasteiger partial charge in [-0.2, -0.15) is 5.10 Å². The van der Waals surface area contributed by atoms with Gasteiger partial charge in [0.2, 0.25) is 0 Å². The van der Waals surface area contributed by atoms with Gasteiger partial charge in [0, 0.05) is 23.9 Å². The monoisotopic (exact) mass is 355 g/mol. The molecule has 1 N–H and O–H groups in total. The number of nitrogens with one attached hydrogen (secondary N) is 1. The maximum atomic E-state index is 4.70. The van der Waals surface area contributed by atoms with E-state index in [0.29, 0.717) is 0 Å². The summed E-state index contributed by atoms with van der Waals surface area (Å²) in [5.74, 6) is 0. The van der Waals surface area contributed by atoms with Crippen LogP contribution in [0.4, 0.5) is 0 Å². The van der Waals surface area contributed by atoms with Gasteiger partial charge < -0.3 is 0 Å². The lowest BCUT2D eigenvalue weighted by atomic mass is 9.70. The summed E-state index contributed by atoms with van der Waals surface area (Å²) in [5, 5.41) is 9.98. The molecule has 3 nitrogen and oxygen atoms in total. The minimum Gasteiger partial charge on any atom is -0.281 e. The average molecular weight is 355 g/mol. The highest BCUT2D eigenvalue weighted by molar-refractivity contribution is 7.13. The SMILES string of the molecule is C1=CC(c2ccccc2)(c2ccccn2)Cc2[nH]nc(-c3cccs3)c21. The minimum absolute atomic E-state index is 0.283. The second kappa shape index (κ2) is 6.07. The van der Waals surface area contributed by atoms with Gasteiger partial charge in [-0.15, -0.1) is 11.3 Å². The molecule has 4 aromatic rings. The van der Waals surface area contributed by atoms with E-state index in [1.165, 1.54) is 16.0 Å². The van der Waals surface area contributed by atoms with E-state index in [1.807, 2.05) is 12.3 Å². The number of aromatic amines is 1. The van der Waals surface area contributed by atoms with Crippen LogP contribution in [0, 0.1) is 0 Å². The number of nitrogens with zero attached hydrogens (tertiary/aromatic N) is 2. The Morgan fingerprint density at radius 3 is 2.62 bits per heavy atom. The number of H-pyrrole nitrogens is 1. The molecule has 0 saturated carbocycles. The number of hydrogen-bond acceptors (Lipinski definition) is 3. The molecule has 0 fully saturated rings. The summed E-state index contributed by atoms with van der Waals surface area (Å²) in [4.78, 5) is 5.89. The Kier molecular flexibility index (Phi) is 3.57. The Hall–Kier alpha value is -2.98. The van der Waals surface area contributed by atoms with Crippen molar-refractivity contribution in [2.75, 3.05) is 0 Å². The molecule has 126 valence electrons. The second-order valence-electron chi connectivity index (χ2n) is 6.50. The summed E-state index contributed by atoms with van der Waals surface area (Å²) < 4.78 is 0. The van der Waals surface area contributed by atoms with Crippen molar-refractivity contribution in [3.63, 3.8) is 0 Å². The van der Waals surface area contributed by atoms with Crippen molar-refractivity contribution < 1.29 is 0 Å². The number of benzene rings is 1. The van der Waals surface area contributed by atoms with Crippen molar-refractivity contribution in [3.05, 3.63) is 101 Å². The first-order valence-electron chi connectivity index (χ1n) is 8.64. The summed E-state index contributed by atoms with van der Waals surface area (Å²) >= 11 is 1.72. The molecule has 4 heteroatoms. The van der Waals surface area contributed by atoms with Gasteiger partial charge >= 0.3 is 0 Å². The van der Waals surface area contributed by atoms with E-state index in [4.69, 9.17) is 4.98 Å². The molecular formula is C22H17N3S. The molecule has 0 radical (unpaired) electrons. The minimum atomic E-state index is -0.283. The Balaban J connectivity index is 1.67. The van der Waals surface area contributed by atoms with Crippen LogP contribution in [0.3, 0.4) is 0 Å². The molecule has 1 aromatic carbocycles. The van der Waals surface area contributed by atoms with Crippen LogP contribution >= 0.6 is 11.3 Å². The number of fused-ring (bicyclic) bond motifs is 1. The molecule has 0 saturated heterocycles. The molecule has 26 heavy (non-hydrogen) atoms. The van der Waals surface area contributed by atoms with Crippen molar-refractivity contribution in [2.24, 2.45) is 0 Å². The van der Waals surface area contributed by atoms with Crippen LogP contribution in [0.2, 0.25) is 0 Å². The van der Waals surface area contributed by atoms with E-state index in [9.17, 15) is 0 Å². The maximum Gasteiger partial charge on any atom is 0.109 e. The van der Waals surface area contributed by atoms with E-state index >= 15 is 0 Å². The van der Waals surface area contributed by atoms with Crippen LogP contribution in [0.25, 0.3) is 16.6 Å². The molecule has 5 rings (SSSR count). The van der Waals surface area contributed by atoms with E-state index in [2.05, 4.69) is 82.3 Å². The van der Waals surface area contributed by atoms with Crippen molar-refractivity contribution >= 4 is 17.4 Å². The highest BCUT2D eigenvalue weighted by atomic mass is 32.1. The van der Waals surface area contributed by atoms with Crippen molar-refractivity contribution in [2.45, 2.75) is 11.8 Å². The fourth-order valence-corrected chi connectivity index (χ4v) is 4.48. The van der Waals surface area contributed by atoms with Crippen LogP contribution in [0.15, 0.2) is 78.3 Å². The summed E-state index contributed by atoms with van der Waals surface area (Å²) in [6.07, 6.45) is 7.18. The predicted molar refractivity (Wildman–Crippen MR) is 106 cm³/mol. The quantitative estimate of drug-likeness (QED) is 0.556. The molecule has 3 aromatic heterocycles. The molecule has 0 spiro atoms. The number of aromatic nitrogens is 3. The van der Waals surface area contributed by atoms with E-state index in [1.54, 1.807) is 11.3 Å². The topological polar surface area (TPSA) is 41.6 Å². The Morgan fingerprint density at radius 2 is 1.85 bits per heavy atom. The Bertz CT molecular complexity index is 1010. The van der Waals surface area contributed by atoms with Crippen LogP contribution in [0.1, 0.15) is 22.5 Å². The van der Waals surface area contributed by atoms with Crippen molar-refractivity contribution in [3.8, 4) is 10.6 Å². The van der Waals surface area contributed by atoms with Crippen LogP contribution < -0.4 is 0 Å². The van der Waals surface area contributed by atoms with Crippen molar-refractivity contribution in [1.82, 2.24) is 15.2 Å². The third-order valence-electron chi connectivity index (χ3n) is 5.04. The smallest absolute Gasteiger partial charge is 0.109 e. The fraction of sp³-hybridized carbons (Fsp3) is 0.0909. The third-order valence-corrected chi connectivity index (χ3v) is 5.92. The summed E-state index contributed by atoms with van der Waals surface area (Å²) in [5.41, 5.74) is 5.40. The molecule has 0 aliphatic heterocycles. The first-order chi connectivity index (χ1) is 12.9. The zero-order chi connectivity index (χ0) is 17.4. The first kappa shape index (κ1) is 15.3. The van der Waals surface area contributed by atoms with Gasteiger partial charge in [0.25, 0.3) is 0 Å². The lowest BCUT2D eigenvalue weighted by molar-refractivity contribution is 0.601. The Morgan fingerprint density at radius 1 is 0.962 bits per heavy atom. The molecule has 1 unspecified atom stereocenters. The van der Waals surface area contributed by atoms with Crippen LogP contribution in [0.5, 0.6) is 0 Å². The highest BCUT2D eigenvalue weighted by Gasteiger charge is 2.37. The third kappa shape index (κ3) is 2.34. The molecule has 0 bridgehead atoms. The van der Waals surface area contributed by atoms with Gasteiger partial charge in [0.15, 0.2) is 0 Å². The molecule has 0 amide bonds. The summed E-state index contributed by atoms with van der Waals surface area (Å²) in [6, 6.07) is 20.9. The van der Waals surface area contributed by atoms with Crippen LogP contribution in [-0.4, -0.2) is 15.2 Å². The highest BCUT2D eigenvalue weighted by Crippen LogP contribution is 2.42. The van der Waals surface area contributed by atoms with Gasteiger partial charge in [-0.25, -0.2) is 0 Å². The normalized spacial score (nSPS) is 18.6. The van der Waals surface area contributed by atoms with Gasteiger partial charge in [-0.1, -0.05) is 54.6 Å². The second-order valence-corrected chi connectivity index (χ2v) is 7.45. The van der Waals surface area contributed by atoms with Gasteiger partial charge in [0.05, 0.1) is 16.0 Å². The largest absolute Gasteiger partial charge is 0.281 e. The van der Waals surface area contributed by atoms with Crippen LogP contribution in [-0.2, 0) is 11.8 Å². The number of allylic oxidation sites excluding steroid dienone is 1. The van der Waals surface area contributed by atoms with Gasteiger partial charge in [-0.3, -0.25) is 10.1 Å². The maximum absolute atomic E-state index is 4.70. The molecule has 1 atom stereocenters. The van der Waals surface area contributed by atoms with E-state index in [-0.39, 0.29) is 5.41 Å². The molecule has 1 aliphatic rings. The molecular weight excluding hydrogens is 338 g/mol. The summed E-state index contributed by atoms with van der Waals surface area (Å²) in [6.45, 7) is 0. The first-order valence-corrected chi connectivity index (χ1v) is 9.52. The number of thiophene rings is 1. The van der Waals surface area contributed by atoms with Gasteiger partial charge in [-0.05, 0) is 29.1 Å². The lowest BCUT2D eigenvalue weighted by Crippen LogP contribution is -2.31. The van der Waals surface area contributed by atoms with Crippen molar-refractivity contribution in [1.29, 1.82) is 0 Å². The molecule has 1 aliphatic carbocycles. The number of rotatable bonds is 3. The fourth-order valence-electron chi connectivity index (χ4n) is 3.75. The molecule has 3 heterocycles. The van der Waals surface area contributed by atoms with E-state index in [0.717, 1.165) is 23.5 Å². The zero-order valence-corrected chi connectivity index (χ0v) is 14.9. The summed E-state index contributed by atoms with van der Waals surface area (Å²) in [7, 11) is 0. The number of hydrogen-bond donors (Lipinski definition) is 1. The number of pyridine rings is 1. The average Bonchev–Trinajstić information content (AvgIpc) is 3.38. The Labute approximate surface area is 156 Å². The predicted octanol–water partition coefficient (Wildman–Crippen LogP) is 5.09.